The van der Waals surface area contributed by atoms with Crippen molar-refractivity contribution in [2.75, 3.05) is 13.2 Å². The SMILES string of the molecule is O=C(O)C1CCC(OCCO)CC1C(=O)O. The largest absolute Gasteiger partial charge is 0.481 e. The molecule has 1 aliphatic carbocycles. The van der Waals surface area contributed by atoms with Crippen LogP contribution in [0.4, 0.5) is 0 Å². The predicted molar refractivity (Wildman–Crippen MR) is 52.9 cm³/mol. The number of aliphatic hydroxyl groups excluding tert-OH is 1. The fourth-order valence-corrected chi connectivity index (χ4v) is 2.07. The Morgan fingerprint density at radius 2 is 1.75 bits per heavy atom. The van der Waals surface area contributed by atoms with E-state index in [4.69, 9.17) is 20.1 Å². The highest BCUT2D eigenvalue weighted by molar-refractivity contribution is 5.80. The summed E-state index contributed by atoms with van der Waals surface area (Å²) >= 11 is 0. The van der Waals surface area contributed by atoms with Crippen molar-refractivity contribution in [2.45, 2.75) is 25.4 Å². The summed E-state index contributed by atoms with van der Waals surface area (Å²) in [7, 11) is 0. The Balaban J connectivity index is 2.58. The molecule has 6 heteroatoms. The van der Waals surface area contributed by atoms with Gasteiger partial charge in [-0.1, -0.05) is 0 Å². The van der Waals surface area contributed by atoms with Gasteiger partial charge in [0.15, 0.2) is 0 Å². The Bertz CT molecular complexity index is 264. The summed E-state index contributed by atoms with van der Waals surface area (Å²) in [5.74, 6) is -3.88. The molecule has 1 fully saturated rings. The second-order valence-electron chi connectivity index (χ2n) is 3.92. The molecule has 0 aromatic carbocycles. The highest BCUT2D eigenvalue weighted by Gasteiger charge is 2.39. The molecule has 0 radical (unpaired) electrons. The third kappa shape index (κ3) is 3.18. The van der Waals surface area contributed by atoms with Crippen molar-refractivity contribution in [3.8, 4) is 0 Å². The fraction of sp³-hybridized carbons (Fsp3) is 0.800. The molecule has 3 N–H and O–H groups in total. The van der Waals surface area contributed by atoms with Gasteiger partial charge in [-0.2, -0.15) is 0 Å². The number of ether oxygens (including phenoxy) is 1. The minimum absolute atomic E-state index is 0.114. The molecule has 16 heavy (non-hydrogen) atoms. The van der Waals surface area contributed by atoms with Gasteiger partial charge in [0.05, 0.1) is 31.2 Å². The summed E-state index contributed by atoms with van der Waals surface area (Å²) in [5.41, 5.74) is 0. The number of hydrogen-bond donors (Lipinski definition) is 3. The standard InChI is InChI=1S/C10H16O6/c11-3-4-16-6-1-2-7(9(12)13)8(5-6)10(14)15/h6-8,11H,1-5H2,(H,12,13)(H,14,15). The first-order valence-electron chi connectivity index (χ1n) is 5.24. The monoisotopic (exact) mass is 232 g/mol. The van der Waals surface area contributed by atoms with Gasteiger partial charge in [-0.25, -0.2) is 0 Å². The Kier molecular flexibility index (Phi) is 4.70. The summed E-state index contributed by atoms with van der Waals surface area (Å²) in [6, 6.07) is 0. The molecule has 3 atom stereocenters. The molecule has 0 aromatic heterocycles. The lowest BCUT2D eigenvalue weighted by Crippen LogP contribution is -2.38. The first-order chi connectivity index (χ1) is 7.56. The van der Waals surface area contributed by atoms with Crippen molar-refractivity contribution >= 4 is 11.9 Å². The Labute approximate surface area is 92.8 Å². The Morgan fingerprint density at radius 1 is 1.12 bits per heavy atom. The zero-order chi connectivity index (χ0) is 12.1. The minimum atomic E-state index is -1.09. The number of carboxylic acid groups (broad SMARTS) is 2. The van der Waals surface area contributed by atoms with E-state index >= 15 is 0 Å². The van der Waals surface area contributed by atoms with Gasteiger partial charge in [-0.3, -0.25) is 9.59 Å². The van der Waals surface area contributed by atoms with Crippen LogP contribution in [0.15, 0.2) is 0 Å². The average molecular weight is 232 g/mol. The average Bonchev–Trinajstić information content (AvgIpc) is 2.25. The zero-order valence-corrected chi connectivity index (χ0v) is 8.83. The van der Waals surface area contributed by atoms with Gasteiger partial charge in [0.1, 0.15) is 0 Å². The molecular weight excluding hydrogens is 216 g/mol. The normalized spacial score (nSPS) is 29.9. The van der Waals surface area contributed by atoms with E-state index in [1.165, 1.54) is 0 Å². The van der Waals surface area contributed by atoms with Gasteiger partial charge in [0, 0.05) is 0 Å². The molecule has 0 aliphatic heterocycles. The van der Waals surface area contributed by atoms with Gasteiger partial charge in [-0.05, 0) is 19.3 Å². The molecule has 92 valence electrons. The zero-order valence-electron chi connectivity index (χ0n) is 8.83. The number of aliphatic carboxylic acids is 2. The van der Waals surface area contributed by atoms with Gasteiger partial charge < -0.3 is 20.1 Å². The summed E-state index contributed by atoms with van der Waals surface area (Å²) in [4.78, 5) is 21.8. The lowest BCUT2D eigenvalue weighted by Gasteiger charge is -2.31. The van der Waals surface area contributed by atoms with Gasteiger partial charge in [-0.15, -0.1) is 0 Å². The first kappa shape index (κ1) is 12.9. The Morgan fingerprint density at radius 3 is 2.25 bits per heavy atom. The molecule has 0 amide bonds. The van der Waals surface area contributed by atoms with E-state index in [1.807, 2.05) is 0 Å². The highest BCUT2D eigenvalue weighted by atomic mass is 16.5. The van der Waals surface area contributed by atoms with Crippen LogP contribution in [0.3, 0.4) is 0 Å². The molecule has 0 aromatic rings. The van der Waals surface area contributed by atoms with Crippen LogP contribution in [0, 0.1) is 11.8 Å². The first-order valence-corrected chi connectivity index (χ1v) is 5.24. The Hall–Kier alpha value is -1.14. The molecule has 1 rings (SSSR count). The van der Waals surface area contributed by atoms with E-state index in [-0.39, 0.29) is 25.7 Å². The van der Waals surface area contributed by atoms with Crippen LogP contribution in [0.1, 0.15) is 19.3 Å². The molecule has 0 saturated heterocycles. The van der Waals surface area contributed by atoms with E-state index in [2.05, 4.69) is 0 Å². The summed E-state index contributed by atoms with van der Waals surface area (Å²) in [6.07, 6.45) is 0.777. The summed E-state index contributed by atoms with van der Waals surface area (Å²) < 4.78 is 5.23. The van der Waals surface area contributed by atoms with Crippen molar-refractivity contribution in [3.63, 3.8) is 0 Å². The third-order valence-electron chi connectivity index (χ3n) is 2.88. The van der Waals surface area contributed by atoms with Crippen LogP contribution < -0.4 is 0 Å². The molecule has 0 bridgehead atoms. The molecule has 3 unspecified atom stereocenters. The maximum Gasteiger partial charge on any atom is 0.307 e. The number of rotatable bonds is 5. The van der Waals surface area contributed by atoms with Crippen LogP contribution in [-0.2, 0) is 14.3 Å². The lowest BCUT2D eigenvalue weighted by molar-refractivity contribution is -0.158. The smallest absolute Gasteiger partial charge is 0.307 e. The topological polar surface area (TPSA) is 104 Å². The minimum Gasteiger partial charge on any atom is -0.481 e. The summed E-state index contributed by atoms with van der Waals surface area (Å²) in [6.45, 7) is 0.0470. The van der Waals surface area contributed by atoms with Crippen LogP contribution >= 0.6 is 0 Å². The van der Waals surface area contributed by atoms with E-state index in [0.717, 1.165) is 0 Å². The molecular formula is C10H16O6. The second-order valence-corrected chi connectivity index (χ2v) is 3.92. The van der Waals surface area contributed by atoms with Crippen molar-refractivity contribution < 1.29 is 29.6 Å². The van der Waals surface area contributed by atoms with E-state index in [1.54, 1.807) is 0 Å². The van der Waals surface area contributed by atoms with E-state index in [9.17, 15) is 9.59 Å². The number of carbonyl (C=O) groups is 2. The second kappa shape index (κ2) is 5.81. The van der Waals surface area contributed by atoms with E-state index in [0.29, 0.717) is 12.8 Å². The molecule has 0 spiro atoms. The lowest BCUT2D eigenvalue weighted by atomic mass is 9.78. The van der Waals surface area contributed by atoms with Crippen LogP contribution in [0.5, 0.6) is 0 Å². The fourth-order valence-electron chi connectivity index (χ4n) is 2.07. The van der Waals surface area contributed by atoms with Crippen LogP contribution in [0.2, 0.25) is 0 Å². The molecule has 6 nitrogen and oxygen atoms in total. The molecule has 0 heterocycles. The third-order valence-corrected chi connectivity index (χ3v) is 2.88. The predicted octanol–water partition coefficient (Wildman–Crippen LogP) is -0.0506. The van der Waals surface area contributed by atoms with Crippen molar-refractivity contribution in [2.24, 2.45) is 11.8 Å². The number of carboxylic acids is 2. The van der Waals surface area contributed by atoms with Crippen molar-refractivity contribution in [1.82, 2.24) is 0 Å². The van der Waals surface area contributed by atoms with E-state index < -0.39 is 23.8 Å². The maximum absolute atomic E-state index is 10.9. The maximum atomic E-state index is 10.9. The number of aliphatic hydroxyl groups is 1. The van der Waals surface area contributed by atoms with Crippen molar-refractivity contribution in [1.29, 1.82) is 0 Å². The molecule has 1 aliphatic rings. The summed E-state index contributed by atoms with van der Waals surface area (Å²) in [5, 5.41) is 26.4. The van der Waals surface area contributed by atoms with Gasteiger partial charge in [0.25, 0.3) is 0 Å². The van der Waals surface area contributed by atoms with Gasteiger partial charge >= 0.3 is 11.9 Å². The van der Waals surface area contributed by atoms with Crippen LogP contribution in [0.25, 0.3) is 0 Å². The van der Waals surface area contributed by atoms with Gasteiger partial charge in [0.2, 0.25) is 0 Å². The highest BCUT2D eigenvalue weighted by Crippen LogP contribution is 2.32. The number of hydrogen-bond acceptors (Lipinski definition) is 4. The molecule has 1 saturated carbocycles. The quantitative estimate of drug-likeness (QED) is 0.614. The van der Waals surface area contributed by atoms with Crippen LogP contribution in [-0.4, -0.2) is 46.6 Å². The van der Waals surface area contributed by atoms with Crippen molar-refractivity contribution in [3.05, 3.63) is 0 Å².